The molecule has 0 amide bonds. The number of thioether (sulfide) groups is 1. The molecule has 0 radical (unpaired) electrons. The molecule has 0 aromatic heterocycles. The highest BCUT2D eigenvalue weighted by atomic mass is 79.9. The van der Waals surface area contributed by atoms with E-state index in [1.54, 1.807) is 0 Å². The fourth-order valence-corrected chi connectivity index (χ4v) is 4.24. The van der Waals surface area contributed by atoms with Crippen LogP contribution in [0.4, 0.5) is 0 Å². The van der Waals surface area contributed by atoms with Crippen LogP contribution in [0.3, 0.4) is 0 Å². The van der Waals surface area contributed by atoms with Crippen molar-refractivity contribution in [1.29, 1.82) is 0 Å². The highest BCUT2D eigenvalue weighted by Crippen LogP contribution is 2.31. The molecule has 0 aliphatic carbocycles. The van der Waals surface area contributed by atoms with Gasteiger partial charge in [-0.05, 0) is 58.1 Å². The third-order valence-corrected chi connectivity index (χ3v) is 5.78. The molecule has 108 valence electrons. The maximum atomic E-state index is 3.61. The minimum Gasteiger partial charge on any atom is -0.125 e. The molecule has 0 aliphatic heterocycles. The topological polar surface area (TPSA) is 0 Å². The molecule has 1 rings (SSSR count). The quantitative estimate of drug-likeness (QED) is 0.412. The summed E-state index contributed by atoms with van der Waals surface area (Å²) in [5, 5.41) is 0. The molecule has 0 saturated carbocycles. The summed E-state index contributed by atoms with van der Waals surface area (Å²) in [7, 11) is 0. The van der Waals surface area contributed by atoms with E-state index >= 15 is 0 Å². The second-order valence-electron chi connectivity index (χ2n) is 5.64. The lowest BCUT2D eigenvalue weighted by atomic mass is 9.98. The van der Waals surface area contributed by atoms with Crippen molar-refractivity contribution in [2.45, 2.75) is 51.3 Å². The van der Waals surface area contributed by atoms with E-state index in [9.17, 15) is 0 Å². The van der Waals surface area contributed by atoms with Crippen molar-refractivity contribution in [3.63, 3.8) is 0 Å². The monoisotopic (exact) mass is 406 g/mol. The number of rotatable bonds is 8. The molecule has 1 aromatic carbocycles. The van der Waals surface area contributed by atoms with Crippen LogP contribution in [-0.4, -0.2) is 5.75 Å². The molecule has 0 bridgehead atoms. The SMILES string of the molecule is CC(C)CCCC(C)CCSc1cc(Br)ccc1Br. The Labute approximate surface area is 139 Å². The van der Waals surface area contributed by atoms with Crippen molar-refractivity contribution < 1.29 is 0 Å². The molecule has 1 aromatic rings. The van der Waals surface area contributed by atoms with E-state index < -0.39 is 0 Å². The van der Waals surface area contributed by atoms with Crippen molar-refractivity contribution in [3.05, 3.63) is 27.1 Å². The lowest BCUT2D eigenvalue weighted by Gasteiger charge is -2.12. The summed E-state index contributed by atoms with van der Waals surface area (Å²) >= 11 is 9.10. The minimum absolute atomic E-state index is 0.845. The van der Waals surface area contributed by atoms with Crippen molar-refractivity contribution >= 4 is 43.6 Å². The Bertz CT molecular complexity index is 377. The Balaban J connectivity index is 2.24. The zero-order chi connectivity index (χ0) is 14.3. The van der Waals surface area contributed by atoms with Gasteiger partial charge in [-0.15, -0.1) is 11.8 Å². The van der Waals surface area contributed by atoms with Gasteiger partial charge in [-0.25, -0.2) is 0 Å². The van der Waals surface area contributed by atoms with Crippen LogP contribution >= 0.6 is 43.6 Å². The first kappa shape index (κ1) is 17.6. The van der Waals surface area contributed by atoms with E-state index in [1.807, 2.05) is 11.8 Å². The molecule has 0 spiro atoms. The Hall–Kier alpha value is 0.530. The van der Waals surface area contributed by atoms with Crippen molar-refractivity contribution in [2.75, 3.05) is 5.75 Å². The Morgan fingerprint density at radius 3 is 2.47 bits per heavy atom. The van der Waals surface area contributed by atoms with E-state index in [-0.39, 0.29) is 0 Å². The largest absolute Gasteiger partial charge is 0.125 e. The van der Waals surface area contributed by atoms with Crippen molar-refractivity contribution in [1.82, 2.24) is 0 Å². The third kappa shape index (κ3) is 7.77. The maximum absolute atomic E-state index is 3.61. The van der Waals surface area contributed by atoms with Crippen LogP contribution in [0.15, 0.2) is 32.0 Å². The van der Waals surface area contributed by atoms with E-state index in [4.69, 9.17) is 0 Å². The molecule has 0 fully saturated rings. The van der Waals surface area contributed by atoms with Gasteiger partial charge in [0.25, 0.3) is 0 Å². The molecule has 1 unspecified atom stereocenters. The lowest BCUT2D eigenvalue weighted by Crippen LogP contribution is -1.98. The van der Waals surface area contributed by atoms with Gasteiger partial charge >= 0.3 is 0 Å². The van der Waals surface area contributed by atoms with E-state index in [1.165, 1.54) is 40.8 Å². The molecule has 0 heterocycles. The predicted molar refractivity (Wildman–Crippen MR) is 95.0 cm³/mol. The van der Waals surface area contributed by atoms with E-state index in [2.05, 4.69) is 70.8 Å². The molecule has 19 heavy (non-hydrogen) atoms. The van der Waals surface area contributed by atoms with Crippen LogP contribution in [0.25, 0.3) is 0 Å². The van der Waals surface area contributed by atoms with Crippen LogP contribution < -0.4 is 0 Å². The number of hydrogen-bond donors (Lipinski definition) is 0. The maximum Gasteiger partial charge on any atom is 0.0312 e. The fraction of sp³-hybridized carbons (Fsp3) is 0.625. The van der Waals surface area contributed by atoms with Crippen LogP contribution in [-0.2, 0) is 0 Å². The summed E-state index contributed by atoms with van der Waals surface area (Å²) < 4.78 is 2.36. The standard InChI is InChI=1S/C16H24Br2S/c1-12(2)5-4-6-13(3)9-10-19-16-11-14(17)7-8-15(16)18/h7-8,11-13H,4-6,9-10H2,1-3H3. The Kier molecular flexibility index (Phi) is 8.76. The lowest BCUT2D eigenvalue weighted by molar-refractivity contribution is 0.451. The molecular weight excluding hydrogens is 384 g/mol. The summed E-state index contributed by atoms with van der Waals surface area (Å²) in [6.07, 6.45) is 5.43. The number of halogens is 2. The average molecular weight is 408 g/mol. The Morgan fingerprint density at radius 1 is 1.05 bits per heavy atom. The summed E-state index contributed by atoms with van der Waals surface area (Å²) in [5.41, 5.74) is 0. The molecule has 0 nitrogen and oxygen atoms in total. The first-order chi connectivity index (χ1) is 8.99. The van der Waals surface area contributed by atoms with E-state index in [0.717, 1.165) is 16.3 Å². The highest BCUT2D eigenvalue weighted by molar-refractivity contribution is 9.11. The van der Waals surface area contributed by atoms with Gasteiger partial charge in [0.1, 0.15) is 0 Å². The number of benzene rings is 1. The van der Waals surface area contributed by atoms with E-state index in [0.29, 0.717) is 0 Å². The molecule has 3 heteroatoms. The van der Waals surface area contributed by atoms with Crippen LogP contribution in [0.5, 0.6) is 0 Å². The molecule has 0 saturated heterocycles. The average Bonchev–Trinajstić information content (AvgIpc) is 2.33. The zero-order valence-electron chi connectivity index (χ0n) is 12.1. The van der Waals surface area contributed by atoms with Crippen LogP contribution in [0.2, 0.25) is 0 Å². The molecule has 1 atom stereocenters. The second-order valence-corrected chi connectivity index (χ2v) is 8.55. The van der Waals surface area contributed by atoms with Gasteiger partial charge in [0.2, 0.25) is 0 Å². The minimum atomic E-state index is 0.845. The van der Waals surface area contributed by atoms with Crippen LogP contribution in [0, 0.1) is 11.8 Å². The van der Waals surface area contributed by atoms with Crippen molar-refractivity contribution in [2.24, 2.45) is 11.8 Å². The third-order valence-electron chi connectivity index (χ3n) is 3.24. The Morgan fingerprint density at radius 2 is 1.79 bits per heavy atom. The summed E-state index contributed by atoms with van der Waals surface area (Å²) in [6, 6.07) is 6.37. The summed E-state index contributed by atoms with van der Waals surface area (Å²) in [6.45, 7) is 7.01. The fourth-order valence-electron chi connectivity index (χ4n) is 1.98. The zero-order valence-corrected chi connectivity index (χ0v) is 16.1. The highest BCUT2D eigenvalue weighted by Gasteiger charge is 2.06. The van der Waals surface area contributed by atoms with Crippen LogP contribution in [0.1, 0.15) is 46.5 Å². The van der Waals surface area contributed by atoms with Gasteiger partial charge in [-0.3, -0.25) is 0 Å². The van der Waals surface area contributed by atoms with Gasteiger partial charge in [0, 0.05) is 13.8 Å². The number of hydrogen-bond acceptors (Lipinski definition) is 1. The van der Waals surface area contributed by atoms with Gasteiger partial charge in [0.15, 0.2) is 0 Å². The molecule has 0 aliphatic rings. The van der Waals surface area contributed by atoms with Gasteiger partial charge in [0.05, 0.1) is 0 Å². The summed E-state index contributed by atoms with van der Waals surface area (Å²) in [4.78, 5) is 1.34. The van der Waals surface area contributed by atoms with Gasteiger partial charge < -0.3 is 0 Å². The smallest absolute Gasteiger partial charge is 0.0312 e. The van der Waals surface area contributed by atoms with Gasteiger partial charge in [-0.1, -0.05) is 56.0 Å². The first-order valence-corrected chi connectivity index (χ1v) is 9.64. The molecule has 0 N–H and O–H groups in total. The molecular formula is C16H24Br2S. The summed E-state index contributed by atoms with van der Waals surface area (Å²) in [5.74, 6) is 2.90. The normalized spacial score (nSPS) is 12.9. The second kappa shape index (κ2) is 9.46. The van der Waals surface area contributed by atoms with Crippen molar-refractivity contribution in [3.8, 4) is 0 Å². The predicted octanol–water partition coefficient (Wildman–Crippen LogP) is 7.16. The first-order valence-electron chi connectivity index (χ1n) is 7.07. The van der Waals surface area contributed by atoms with Gasteiger partial charge in [-0.2, -0.15) is 0 Å².